The summed E-state index contributed by atoms with van der Waals surface area (Å²) in [5, 5.41) is 5.69. The van der Waals surface area contributed by atoms with Gasteiger partial charge in [-0.05, 0) is 41.8 Å². The summed E-state index contributed by atoms with van der Waals surface area (Å²) < 4.78 is 14.3. The Morgan fingerprint density at radius 1 is 0.766 bits per heavy atom. The van der Waals surface area contributed by atoms with Gasteiger partial charge in [0.2, 0.25) is 0 Å². The molecule has 0 N–H and O–H groups in total. The Morgan fingerprint density at radius 3 is 1.91 bits per heavy atom. The predicted octanol–water partition coefficient (Wildman–Crippen LogP) is 7.98. The average Bonchev–Trinajstić information content (AvgIpc) is 3.76. The van der Waals surface area contributed by atoms with Gasteiger partial charge >= 0.3 is 5.97 Å². The average molecular weight is 639 g/mol. The number of benzene rings is 4. The SMILES string of the molecule is CCOC(=O)c1cnc2c(c1)c(-c1cnn(C(c3ccccc3)(c3ccccc3)c3ccccc3)c1)cn2OOSc1ccccc1. The number of nitrogens with zero attached hydrogens (tertiary/aromatic N) is 4. The maximum atomic E-state index is 12.7. The van der Waals surface area contributed by atoms with Gasteiger partial charge in [0, 0.05) is 33.8 Å². The summed E-state index contributed by atoms with van der Waals surface area (Å²) in [4.78, 5) is 23.9. The van der Waals surface area contributed by atoms with Crippen LogP contribution in [0, 0.1) is 0 Å². The molecule has 0 aliphatic heterocycles. The lowest BCUT2D eigenvalue weighted by Gasteiger charge is -2.36. The van der Waals surface area contributed by atoms with Crippen LogP contribution in [0.2, 0.25) is 0 Å². The summed E-state index contributed by atoms with van der Waals surface area (Å²) in [5.41, 5.74) is 4.71. The lowest BCUT2D eigenvalue weighted by molar-refractivity contribution is -0.188. The van der Waals surface area contributed by atoms with Crippen molar-refractivity contribution in [1.29, 1.82) is 0 Å². The minimum atomic E-state index is -0.791. The first-order valence-electron chi connectivity index (χ1n) is 15.2. The molecule has 0 radical (unpaired) electrons. The summed E-state index contributed by atoms with van der Waals surface area (Å²) in [5.74, 6) is -0.454. The van der Waals surface area contributed by atoms with Crippen LogP contribution >= 0.6 is 12.0 Å². The van der Waals surface area contributed by atoms with Crippen LogP contribution in [0.4, 0.5) is 0 Å². The second kappa shape index (κ2) is 13.4. The molecule has 0 atom stereocenters. The normalized spacial score (nSPS) is 11.4. The number of carbonyl (C=O) groups excluding carboxylic acids is 1. The number of rotatable bonds is 11. The Hall–Kier alpha value is -5.64. The molecule has 0 fully saturated rings. The fourth-order valence-corrected chi connectivity index (χ4v) is 6.28. The monoisotopic (exact) mass is 638 g/mol. The van der Waals surface area contributed by atoms with Gasteiger partial charge in [0.25, 0.3) is 0 Å². The van der Waals surface area contributed by atoms with E-state index >= 15 is 0 Å². The number of fused-ring (bicyclic) bond motifs is 1. The van der Waals surface area contributed by atoms with Gasteiger partial charge in [-0.3, -0.25) is 4.68 Å². The molecule has 0 aliphatic rings. The van der Waals surface area contributed by atoms with Gasteiger partial charge in [-0.2, -0.15) is 5.10 Å². The van der Waals surface area contributed by atoms with E-state index in [0.717, 1.165) is 44.8 Å². The molecule has 9 heteroatoms. The summed E-state index contributed by atoms with van der Waals surface area (Å²) in [7, 11) is 0. The minimum absolute atomic E-state index is 0.256. The number of aromatic nitrogens is 4. The second-order valence-corrected chi connectivity index (χ2v) is 11.5. The summed E-state index contributed by atoms with van der Waals surface area (Å²) in [6.45, 7) is 2.03. The smallest absolute Gasteiger partial charge is 0.339 e. The first-order chi connectivity index (χ1) is 23.2. The first-order valence-corrected chi connectivity index (χ1v) is 15.9. The van der Waals surface area contributed by atoms with Crippen molar-refractivity contribution in [3.05, 3.63) is 174 Å². The van der Waals surface area contributed by atoms with Crippen LogP contribution in [0.5, 0.6) is 0 Å². The van der Waals surface area contributed by atoms with Gasteiger partial charge in [0.15, 0.2) is 5.65 Å². The van der Waals surface area contributed by atoms with Gasteiger partial charge < -0.3 is 4.74 Å². The van der Waals surface area contributed by atoms with E-state index in [1.54, 1.807) is 19.2 Å². The molecule has 0 saturated carbocycles. The standard InChI is InChI=1S/C38H30N4O4S/c1-2-44-37(43)28-23-34-35(27-41(36(34)39-24-28)45-46-47-33-21-13-6-14-22-33)29-25-40-42(26-29)38(30-15-7-3-8-16-30,31-17-9-4-10-18-31)32-19-11-5-12-20-32/h3-27H,2H2,1H3. The van der Waals surface area contributed by atoms with Crippen molar-refractivity contribution < 1.29 is 18.9 Å². The molecular formula is C38H30N4O4S. The van der Waals surface area contributed by atoms with Gasteiger partial charge in [0.05, 0.1) is 36.6 Å². The molecule has 0 amide bonds. The number of esters is 1. The van der Waals surface area contributed by atoms with Crippen molar-refractivity contribution >= 4 is 29.0 Å². The highest BCUT2D eigenvalue weighted by molar-refractivity contribution is 7.94. The third kappa shape index (κ3) is 5.78. The van der Waals surface area contributed by atoms with E-state index < -0.39 is 11.5 Å². The lowest BCUT2D eigenvalue weighted by atomic mass is 9.77. The Morgan fingerprint density at radius 2 is 1.34 bits per heavy atom. The van der Waals surface area contributed by atoms with Crippen molar-refractivity contribution in [2.24, 2.45) is 0 Å². The first kappa shape index (κ1) is 30.0. The molecule has 3 aromatic heterocycles. The third-order valence-corrected chi connectivity index (χ3v) is 8.51. The molecule has 0 saturated heterocycles. The van der Waals surface area contributed by atoms with Gasteiger partial charge in [0.1, 0.15) is 5.54 Å². The van der Waals surface area contributed by atoms with Crippen LogP contribution in [-0.4, -0.2) is 32.1 Å². The molecule has 7 aromatic rings. The Labute approximate surface area is 276 Å². The van der Waals surface area contributed by atoms with Crippen molar-refractivity contribution in [1.82, 2.24) is 19.5 Å². The van der Waals surface area contributed by atoms with E-state index in [1.165, 1.54) is 10.9 Å². The van der Waals surface area contributed by atoms with Crippen molar-refractivity contribution in [3.63, 3.8) is 0 Å². The van der Waals surface area contributed by atoms with E-state index in [-0.39, 0.29) is 6.61 Å². The number of carbonyl (C=O) groups is 1. The highest BCUT2D eigenvalue weighted by Gasteiger charge is 2.39. The summed E-state index contributed by atoms with van der Waals surface area (Å²) in [6, 6.07) is 42.4. The van der Waals surface area contributed by atoms with Crippen LogP contribution in [0.1, 0.15) is 34.0 Å². The number of hydrogen-bond acceptors (Lipinski definition) is 7. The zero-order valence-corrected chi connectivity index (χ0v) is 26.3. The van der Waals surface area contributed by atoms with Gasteiger partial charge in [-0.1, -0.05) is 114 Å². The molecule has 7 rings (SSSR count). The minimum Gasteiger partial charge on any atom is -0.462 e. The molecule has 0 bridgehead atoms. The molecule has 47 heavy (non-hydrogen) atoms. The molecule has 0 spiro atoms. The van der Waals surface area contributed by atoms with E-state index in [4.69, 9.17) is 19.2 Å². The van der Waals surface area contributed by atoms with Crippen LogP contribution in [0.25, 0.3) is 22.2 Å². The highest BCUT2D eigenvalue weighted by Crippen LogP contribution is 2.41. The Kier molecular flexibility index (Phi) is 8.55. The number of pyridine rings is 1. The third-order valence-electron chi connectivity index (χ3n) is 7.92. The summed E-state index contributed by atoms with van der Waals surface area (Å²) in [6.07, 6.45) is 7.10. The van der Waals surface area contributed by atoms with E-state index in [2.05, 4.69) is 41.4 Å². The quantitative estimate of drug-likeness (QED) is 0.0467. The molecule has 232 valence electrons. The van der Waals surface area contributed by atoms with Gasteiger partial charge in [-0.15, -0.1) is 4.73 Å². The largest absolute Gasteiger partial charge is 0.462 e. The highest BCUT2D eigenvalue weighted by atomic mass is 32.2. The fourth-order valence-electron chi connectivity index (χ4n) is 5.84. The Bertz CT molecular complexity index is 2000. The molecule has 8 nitrogen and oxygen atoms in total. The number of hydrogen-bond donors (Lipinski definition) is 0. The topological polar surface area (TPSA) is 80.4 Å². The van der Waals surface area contributed by atoms with Crippen LogP contribution < -0.4 is 4.99 Å². The van der Waals surface area contributed by atoms with Crippen LogP contribution in [-0.2, 0) is 14.6 Å². The Balaban J connectivity index is 1.37. The van der Waals surface area contributed by atoms with E-state index in [0.29, 0.717) is 16.6 Å². The molecule has 0 unspecified atom stereocenters. The maximum Gasteiger partial charge on any atom is 0.339 e. The van der Waals surface area contributed by atoms with E-state index in [9.17, 15) is 4.79 Å². The van der Waals surface area contributed by atoms with Crippen molar-refractivity contribution in [3.8, 4) is 11.1 Å². The number of ether oxygens (including phenoxy) is 1. The van der Waals surface area contributed by atoms with Crippen LogP contribution in [0.15, 0.2) is 157 Å². The summed E-state index contributed by atoms with van der Waals surface area (Å²) >= 11 is 1.08. The van der Waals surface area contributed by atoms with Gasteiger partial charge in [-0.25, -0.2) is 14.8 Å². The molecular weight excluding hydrogens is 609 g/mol. The van der Waals surface area contributed by atoms with Crippen LogP contribution in [0.3, 0.4) is 0 Å². The predicted molar refractivity (Wildman–Crippen MR) is 181 cm³/mol. The maximum absolute atomic E-state index is 12.7. The molecule has 3 heterocycles. The van der Waals surface area contributed by atoms with E-state index in [1.807, 2.05) is 102 Å². The molecule has 0 aliphatic carbocycles. The zero-order chi connectivity index (χ0) is 32.1. The zero-order valence-electron chi connectivity index (χ0n) is 25.5. The lowest BCUT2D eigenvalue weighted by Crippen LogP contribution is -2.38. The van der Waals surface area contributed by atoms with Crippen molar-refractivity contribution in [2.45, 2.75) is 17.4 Å². The van der Waals surface area contributed by atoms with Crippen molar-refractivity contribution in [2.75, 3.05) is 6.61 Å². The second-order valence-electron chi connectivity index (χ2n) is 10.7. The fraction of sp³-hybridized carbons (Fsp3) is 0.0789. The molecule has 4 aromatic carbocycles.